The van der Waals surface area contributed by atoms with Crippen molar-refractivity contribution in [3.63, 3.8) is 0 Å². The van der Waals surface area contributed by atoms with Crippen LogP contribution in [0.2, 0.25) is 0 Å². The third kappa shape index (κ3) is 3.76. The second kappa shape index (κ2) is 7.58. The lowest BCUT2D eigenvalue weighted by Crippen LogP contribution is -2.12. The monoisotopic (exact) mass is 271 g/mol. The van der Waals surface area contributed by atoms with E-state index in [9.17, 15) is 4.79 Å². The van der Waals surface area contributed by atoms with Crippen LogP contribution < -0.4 is 0 Å². The van der Waals surface area contributed by atoms with Gasteiger partial charge in [0.2, 0.25) is 5.91 Å². The lowest BCUT2D eigenvalue weighted by atomic mass is 10.1. The van der Waals surface area contributed by atoms with Crippen LogP contribution >= 0.6 is 0 Å². The summed E-state index contributed by atoms with van der Waals surface area (Å²) in [5, 5.41) is 7.94. The van der Waals surface area contributed by atoms with E-state index in [-0.39, 0.29) is 5.91 Å². The number of allylic oxidation sites excluding steroid dienone is 2. The van der Waals surface area contributed by atoms with Crippen molar-refractivity contribution in [2.24, 2.45) is 0 Å². The summed E-state index contributed by atoms with van der Waals surface area (Å²) in [7, 11) is 0. The fourth-order valence-electron chi connectivity index (χ4n) is 2.16. The number of para-hydroxylation sites is 1. The Bertz CT molecular complexity index is 586. The van der Waals surface area contributed by atoms with Gasteiger partial charge in [0.15, 0.2) is 0 Å². The zero-order valence-corrected chi connectivity index (χ0v) is 12.0. The standard InChI is InChI=1S/C16H21N3O/c1-2-3-4-5-6-7-8-13-16(20)19-15-12-10-9-11-14(15)17-18-19/h3-4,9-12H,2,5-8,13H2,1H3/b4-3+. The van der Waals surface area contributed by atoms with E-state index in [0.717, 1.165) is 43.1 Å². The van der Waals surface area contributed by atoms with Crippen molar-refractivity contribution in [1.29, 1.82) is 0 Å². The first-order chi connectivity index (χ1) is 9.83. The Kier molecular flexibility index (Phi) is 5.47. The third-order valence-corrected chi connectivity index (χ3v) is 3.25. The maximum atomic E-state index is 12.1. The molecule has 0 saturated carbocycles. The van der Waals surface area contributed by atoms with Crippen molar-refractivity contribution in [1.82, 2.24) is 15.0 Å². The molecule has 4 heteroatoms. The minimum Gasteiger partial charge on any atom is -0.273 e. The van der Waals surface area contributed by atoms with Gasteiger partial charge < -0.3 is 0 Å². The quantitative estimate of drug-likeness (QED) is 0.565. The van der Waals surface area contributed by atoms with Crippen LogP contribution in [0.5, 0.6) is 0 Å². The minimum absolute atomic E-state index is 0.0304. The van der Waals surface area contributed by atoms with Gasteiger partial charge in [-0.3, -0.25) is 4.79 Å². The summed E-state index contributed by atoms with van der Waals surface area (Å²) in [4.78, 5) is 12.1. The predicted molar refractivity (Wildman–Crippen MR) is 80.7 cm³/mol. The number of nitrogens with zero attached hydrogens (tertiary/aromatic N) is 3. The highest BCUT2D eigenvalue weighted by Gasteiger charge is 2.10. The van der Waals surface area contributed by atoms with Crippen molar-refractivity contribution in [3.8, 4) is 0 Å². The van der Waals surface area contributed by atoms with Gasteiger partial charge >= 0.3 is 0 Å². The summed E-state index contributed by atoms with van der Waals surface area (Å²) in [6, 6.07) is 7.54. The molecule has 0 fully saturated rings. The molecular formula is C16H21N3O. The van der Waals surface area contributed by atoms with Crippen LogP contribution in [0.1, 0.15) is 50.2 Å². The zero-order valence-electron chi connectivity index (χ0n) is 12.0. The first-order valence-corrected chi connectivity index (χ1v) is 7.31. The van der Waals surface area contributed by atoms with Crippen molar-refractivity contribution in [2.45, 2.75) is 45.4 Å². The number of hydrogen-bond acceptors (Lipinski definition) is 3. The fraction of sp³-hybridized carbons (Fsp3) is 0.438. The van der Waals surface area contributed by atoms with Crippen molar-refractivity contribution >= 4 is 16.9 Å². The van der Waals surface area contributed by atoms with Gasteiger partial charge in [-0.15, -0.1) is 5.10 Å². The van der Waals surface area contributed by atoms with Crippen molar-refractivity contribution in [2.75, 3.05) is 0 Å². The molecule has 0 aliphatic rings. The fourth-order valence-corrected chi connectivity index (χ4v) is 2.16. The van der Waals surface area contributed by atoms with E-state index in [1.165, 1.54) is 4.68 Å². The number of benzene rings is 1. The van der Waals surface area contributed by atoms with Gasteiger partial charge in [-0.1, -0.05) is 42.8 Å². The molecule has 106 valence electrons. The molecule has 1 aromatic carbocycles. The van der Waals surface area contributed by atoms with E-state index < -0.39 is 0 Å². The Morgan fingerprint density at radius 1 is 1.20 bits per heavy atom. The predicted octanol–water partition coefficient (Wildman–Crippen LogP) is 3.99. The van der Waals surface area contributed by atoms with Crippen LogP contribution in [0.15, 0.2) is 36.4 Å². The van der Waals surface area contributed by atoms with Crippen LogP contribution in [0.4, 0.5) is 0 Å². The van der Waals surface area contributed by atoms with E-state index in [1.54, 1.807) is 0 Å². The number of fused-ring (bicyclic) bond motifs is 1. The topological polar surface area (TPSA) is 47.8 Å². The van der Waals surface area contributed by atoms with E-state index in [2.05, 4.69) is 29.4 Å². The summed E-state index contributed by atoms with van der Waals surface area (Å²) < 4.78 is 1.42. The number of aromatic nitrogens is 3. The summed E-state index contributed by atoms with van der Waals surface area (Å²) in [5.41, 5.74) is 1.56. The molecule has 0 spiro atoms. The van der Waals surface area contributed by atoms with Gasteiger partial charge in [0.1, 0.15) is 5.52 Å². The van der Waals surface area contributed by atoms with E-state index in [0.29, 0.717) is 6.42 Å². The van der Waals surface area contributed by atoms with Crippen LogP contribution in [0.25, 0.3) is 11.0 Å². The maximum absolute atomic E-state index is 12.1. The van der Waals surface area contributed by atoms with Gasteiger partial charge in [0, 0.05) is 6.42 Å². The molecule has 0 bridgehead atoms. The second-order valence-electron chi connectivity index (χ2n) is 4.86. The lowest BCUT2D eigenvalue weighted by Gasteiger charge is -2.01. The molecule has 0 atom stereocenters. The molecule has 2 aromatic rings. The first-order valence-electron chi connectivity index (χ1n) is 7.31. The molecule has 0 amide bonds. The number of carbonyl (C=O) groups excluding carboxylic acids is 1. The van der Waals surface area contributed by atoms with E-state index in [4.69, 9.17) is 0 Å². The summed E-state index contributed by atoms with van der Waals surface area (Å²) in [6.07, 6.45) is 10.3. The summed E-state index contributed by atoms with van der Waals surface area (Å²) >= 11 is 0. The molecule has 0 radical (unpaired) electrons. The number of unbranched alkanes of at least 4 members (excludes halogenated alkanes) is 3. The van der Waals surface area contributed by atoms with Gasteiger partial charge in [0.25, 0.3) is 0 Å². The molecule has 20 heavy (non-hydrogen) atoms. The Balaban J connectivity index is 1.79. The highest BCUT2D eigenvalue weighted by Crippen LogP contribution is 2.12. The van der Waals surface area contributed by atoms with Crippen LogP contribution in [-0.2, 0) is 0 Å². The smallest absolute Gasteiger partial charge is 0.248 e. The Morgan fingerprint density at radius 3 is 2.90 bits per heavy atom. The minimum atomic E-state index is 0.0304. The molecule has 0 aliphatic heterocycles. The average molecular weight is 271 g/mol. The Hall–Kier alpha value is -1.97. The lowest BCUT2D eigenvalue weighted by molar-refractivity contribution is 0.0886. The molecule has 0 aliphatic carbocycles. The molecule has 4 nitrogen and oxygen atoms in total. The summed E-state index contributed by atoms with van der Waals surface area (Å²) in [5.74, 6) is 0.0304. The average Bonchev–Trinajstić information content (AvgIpc) is 2.90. The SMILES string of the molecule is CC/C=C/CCCCCC(=O)n1nnc2ccccc21. The van der Waals surface area contributed by atoms with Crippen LogP contribution in [0.3, 0.4) is 0 Å². The van der Waals surface area contributed by atoms with Gasteiger partial charge in [-0.25, -0.2) is 0 Å². The normalized spacial score (nSPS) is 11.4. The van der Waals surface area contributed by atoms with Crippen LogP contribution in [0, 0.1) is 0 Å². The van der Waals surface area contributed by atoms with E-state index in [1.807, 2.05) is 24.3 Å². The highest BCUT2D eigenvalue weighted by atomic mass is 16.2. The third-order valence-electron chi connectivity index (χ3n) is 3.25. The molecule has 0 unspecified atom stereocenters. The Labute approximate surface area is 119 Å². The maximum Gasteiger partial charge on any atom is 0.248 e. The zero-order chi connectivity index (χ0) is 14.2. The molecule has 2 rings (SSSR count). The molecule has 1 heterocycles. The Morgan fingerprint density at radius 2 is 2.05 bits per heavy atom. The number of carbonyl (C=O) groups is 1. The molecule has 1 aromatic heterocycles. The number of hydrogen-bond donors (Lipinski definition) is 0. The molecular weight excluding hydrogens is 250 g/mol. The largest absolute Gasteiger partial charge is 0.273 e. The van der Waals surface area contributed by atoms with Gasteiger partial charge in [-0.05, 0) is 37.8 Å². The molecule has 0 saturated heterocycles. The number of rotatable bonds is 7. The van der Waals surface area contributed by atoms with Gasteiger partial charge in [-0.2, -0.15) is 4.68 Å². The van der Waals surface area contributed by atoms with Gasteiger partial charge in [0.05, 0.1) is 5.52 Å². The summed E-state index contributed by atoms with van der Waals surface area (Å²) in [6.45, 7) is 2.14. The highest BCUT2D eigenvalue weighted by molar-refractivity contribution is 5.88. The van der Waals surface area contributed by atoms with Crippen molar-refractivity contribution in [3.05, 3.63) is 36.4 Å². The van der Waals surface area contributed by atoms with E-state index >= 15 is 0 Å². The van der Waals surface area contributed by atoms with Crippen molar-refractivity contribution < 1.29 is 4.79 Å². The molecule has 0 N–H and O–H groups in total. The first kappa shape index (κ1) is 14.4. The van der Waals surface area contributed by atoms with Crippen LogP contribution in [-0.4, -0.2) is 20.9 Å². The second-order valence-corrected chi connectivity index (χ2v) is 4.86.